The lowest BCUT2D eigenvalue weighted by Gasteiger charge is -2.61. The van der Waals surface area contributed by atoms with Gasteiger partial charge in [-0.25, -0.2) is 0 Å². The van der Waals surface area contributed by atoms with Crippen molar-refractivity contribution >= 4 is 5.96 Å². The maximum atomic E-state index is 9.22. The van der Waals surface area contributed by atoms with Crippen LogP contribution >= 0.6 is 0 Å². The minimum absolute atomic E-state index is 0.256. The lowest BCUT2D eigenvalue weighted by Crippen LogP contribution is -2.68. The molecular formula is C19H37N3O2. The summed E-state index contributed by atoms with van der Waals surface area (Å²) in [4.78, 5) is 4.81. The molecule has 0 heterocycles. The van der Waals surface area contributed by atoms with Crippen LogP contribution in [0.1, 0.15) is 65.7 Å². The van der Waals surface area contributed by atoms with Gasteiger partial charge in [0.05, 0.1) is 6.10 Å². The highest BCUT2D eigenvalue weighted by molar-refractivity contribution is 5.80. The molecule has 5 nitrogen and oxygen atoms in total. The van der Waals surface area contributed by atoms with Gasteiger partial charge in [0.25, 0.3) is 0 Å². The molecule has 0 saturated heterocycles. The van der Waals surface area contributed by atoms with Gasteiger partial charge in [-0.05, 0) is 51.9 Å². The minimum atomic E-state index is 0.256. The van der Waals surface area contributed by atoms with Crippen LogP contribution in [0.2, 0.25) is 0 Å². The quantitative estimate of drug-likeness (QED) is 0.423. The Bertz CT molecular complexity index is 390. The number of aliphatic imine (C=N–C) groups is 1. The summed E-state index contributed by atoms with van der Waals surface area (Å²) < 4.78 is 5.94. The third-order valence-corrected chi connectivity index (χ3v) is 5.83. The largest absolute Gasteiger partial charge is 0.396 e. The van der Waals surface area contributed by atoms with E-state index in [1.54, 1.807) is 0 Å². The van der Waals surface area contributed by atoms with Gasteiger partial charge in [0.1, 0.15) is 0 Å². The molecule has 0 aromatic rings. The molecule has 1 spiro atoms. The first-order valence-electron chi connectivity index (χ1n) is 9.97. The Morgan fingerprint density at radius 1 is 1.29 bits per heavy atom. The van der Waals surface area contributed by atoms with Crippen LogP contribution in [0.5, 0.6) is 0 Å². The Kier molecular flexibility index (Phi) is 7.82. The molecule has 2 saturated carbocycles. The maximum absolute atomic E-state index is 9.22. The fraction of sp³-hybridized carbons (Fsp3) is 0.947. The predicted octanol–water partition coefficient (Wildman–Crippen LogP) is 2.69. The van der Waals surface area contributed by atoms with E-state index in [0.717, 1.165) is 51.3 Å². The molecule has 24 heavy (non-hydrogen) atoms. The lowest BCUT2D eigenvalue weighted by atomic mass is 9.51. The van der Waals surface area contributed by atoms with E-state index in [0.29, 0.717) is 23.5 Å². The third-order valence-electron chi connectivity index (χ3n) is 5.83. The van der Waals surface area contributed by atoms with Crippen LogP contribution in [0, 0.1) is 11.3 Å². The first kappa shape index (κ1) is 19.5. The number of aliphatic hydroxyl groups is 1. The summed E-state index contributed by atoms with van der Waals surface area (Å²) in [5, 5.41) is 16.3. The van der Waals surface area contributed by atoms with Gasteiger partial charge in [0.15, 0.2) is 5.96 Å². The van der Waals surface area contributed by atoms with E-state index in [1.807, 2.05) is 0 Å². The Labute approximate surface area is 147 Å². The molecule has 0 aromatic carbocycles. The summed E-state index contributed by atoms with van der Waals surface area (Å²) in [6.07, 6.45) is 8.51. The Morgan fingerprint density at radius 2 is 2.08 bits per heavy atom. The maximum Gasteiger partial charge on any atom is 0.191 e. The molecule has 3 atom stereocenters. The SMILES string of the molecule is CCCC(CCO)CN=C(NCC)NC1CC(OCC)C12CCC2. The fourth-order valence-corrected chi connectivity index (χ4v) is 4.26. The van der Waals surface area contributed by atoms with E-state index in [-0.39, 0.29) is 6.61 Å². The normalized spacial score (nSPS) is 26.6. The number of guanidine groups is 1. The molecule has 140 valence electrons. The van der Waals surface area contributed by atoms with Crippen molar-refractivity contribution in [1.29, 1.82) is 0 Å². The summed E-state index contributed by atoms with van der Waals surface area (Å²) in [5.41, 5.74) is 0.347. The summed E-state index contributed by atoms with van der Waals surface area (Å²) >= 11 is 0. The number of ether oxygens (including phenoxy) is 1. The summed E-state index contributed by atoms with van der Waals surface area (Å²) in [6.45, 7) is 9.13. The van der Waals surface area contributed by atoms with Gasteiger partial charge in [-0.1, -0.05) is 19.8 Å². The zero-order valence-corrected chi connectivity index (χ0v) is 15.8. The van der Waals surface area contributed by atoms with Crippen LogP contribution in [0.3, 0.4) is 0 Å². The molecule has 0 bridgehead atoms. The first-order chi connectivity index (χ1) is 11.7. The van der Waals surface area contributed by atoms with Crippen LogP contribution in [-0.4, -0.2) is 49.5 Å². The Hall–Kier alpha value is -0.810. The fourth-order valence-electron chi connectivity index (χ4n) is 4.26. The molecule has 3 N–H and O–H groups in total. The van der Waals surface area contributed by atoms with Gasteiger partial charge in [0, 0.05) is 37.8 Å². The molecule has 0 amide bonds. The average Bonchev–Trinajstić information content (AvgIpc) is 2.50. The van der Waals surface area contributed by atoms with Crippen LogP contribution < -0.4 is 10.6 Å². The second-order valence-electron chi connectivity index (χ2n) is 7.35. The van der Waals surface area contributed by atoms with Crippen molar-refractivity contribution in [3.05, 3.63) is 0 Å². The second kappa shape index (κ2) is 9.62. The third kappa shape index (κ3) is 4.42. The number of rotatable bonds is 10. The zero-order chi connectivity index (χ0) is 17.4. The second-order valence-corrected chi connectivity index (χ2v) is 7.35. The van der Waals surface area contributed by atoms with E-state index in [1.165, 1.54) is 19.3 Å². The molecule has 3 unspecified atom stereocenters. The minimum Gasteiger partial charge on any atom is -0.396 e. The number of hydrogen-bond donors (Lipinski definition) is 3. The predicted molar refractivity (Wildman–Crippen MR) is 99.3 cm³/mol. The van der Waals surface area contributed by atoms with Crippen molar-refractivity contribution in [1.82, 2.24) is 10.6 Å². The highest BCUT2D eigenvalue weighted by Gasteiger charge is 2.59. The molecule has 2 aliphatic carbocycles. The van der Waals surface area contributed by atoms with Crippen LogP contribution in [-0.2, 0) is 4.74 Å². The lowest BCUT2D eigenvalue weighted by molar-refractivity contribution is -0.168. The number of hydrogen-bond acceptors (Lipinski definition) is 3. The number of nitrogens with zero attached hydrogens (tertiary/aromatic N) is 1. The van der Waals surface area contributed by atoms with Crippen LogP contribution in [0.25, 0.3) is 0 Å². The number of nitrogens with one attached hydrogen (secondary N) is 2. The summed E-state index contributed by atoms with van der Waals surface area (Å²) in [5.74, 6) is 1.41. The molecule has 2 rings (SSSR count). The summed E-state index contributed by atoms with van der Waals surface area (Å²) in [7, 11) is 0. The average molecular weight is 340 g/mol. The molecule has 0 radical (unpaired) electrons. The molecule has 5 heteroatoms. The van der Waals surface area contributed by atoms with E-state index in [4.69, 9.17) is 9.73 Å². The van der Waals surface area contributed by atoms with E-state index in [2.05, 4.69) is 31.4 Å². The molecular weight excluding hydrogens is 302 g/mol. The number of aliphatic hydroxyl groups excluding tert-OH is 1. The Morgan fingerprint density at radius 3 is 2.62 bits per heavy atom. The van der Waals surface area contributed by atoms with Crippen molar-refractivity contribution < 1.29 is 9.84 Å². The highest BCUT2D eigenvalue weighted by Crippen LogP contribution is 2.57. The monoisotopic (exact) mass is 339 g/mol. The van der Waals surface area contributed by atoms with Crippen molar-refractivity contribution in [2.24, 2.45) is 16.3 Å². The van der Waals surface area contributed by atoms with Crippen LogP contribution in [0.15, 0.2) is 4.99 Å². The van der Waals surface area contributed by atoms with E-state index >= 15 is 0 Å². The van der Waals surface area contributed by atoms with Gasteiger partial charge in [-0.3, -0.25) is 4.99 Å². The van der Waals surface area contributed by atoms with Crippen molar-refractivity contribution in [3.8, 4) is 0 Å². The zero-order valence-electron chi connectivity index (χ0n) is 15.8. The Balaban J connectivity index is 1.92. The van der Waals surface area contributed by atoms with Gasteiger partial charge in [0.2, 0.25) is 0 Å². The van der Waals surface area contributed by atoms with Crippen molar-refractivity contribution in [2.75, 3.05) is 26.3 Å². The van der Waals surface area contributed by atoms with Gasteiger partial charge in [-0.15, -0.1) is 0 Å². The van der Waals surface area contributed by atoms with Gasteiger partial charge < -0.3 is 20.5 Å². The van der Waals surface area contributed by atoms with Crippen molar-refractivity contribution in [2.45, 2.75) is 77.9 Å². The van der Waals surface area contributed by atoms with Crippen LogP contribution in [0.4, 0.5) is 0 Å². The highest BCUT2D eigenvalue weighted by atomic mass is 16.5. The first-order valence-corrected chi connectivity index (χ1v) is 9.97. The van der Waals surface area contributed by atoms with E-state index in [9.17, 15) is 5.11 Å². The van der Waals surface area contributed by atoms with Gasteiger partial charge in [-0.2, -0.15) is 0 Å². The molecule has 2 aliphatic rings. The smallest absolute Gasteiger partial charge is 0.191 e. The summed E-state index contributed by atoms with van der Waals surface area (Å²) in [6, 6.07) is 0.489. The molecule has 0 aliphatic heterocycles. The molecule has 0 aromatic heterocycles. The van der Waals surface area contributed by atoms with E-state index < -0.39 is 0 Å². The molecule has 2 fully saturated rings. The topological polar surface area (TPSA) is 65.9 Å². The van der Waals surface area contributed by atoms with Gasteiger partial charge >= 0.3 is 0 Å². The standard InChI is InChI=1S/C19H37N3O2/c1-4-8-15(9-12-23)14-21-18(20-5-2)22-16-13-17(24-6-3)19(16)10-7-11-19/h15-17,23H,4-14H2,1-3H3,(H2,20,21,22). The van der Waals surface area contributed by atoms with Crippen molar-refractivity contribution in [3.63, 3.8) is 0 Å².